The number of nitrogens with one attached hydrogen (secondary N) is 1. The molecule has 0 spiro atoms. The standard InChI is InChI=1S/C23H25NO3/c1-16(2)14-27-15-19-13-18(11-12-22(19)26-3)23(25)24-21-10-6-8-17-7-4-5-9-20(17)21/h4-13,16H,14-15H2,1-3H3,(H,24,25). The molecule has 0 bridgehead atoms. The first-order chi connectivity index (χ1) is 13.1. The lowest BCUT2D eigenvalue weighted by Gasteiger charge is -2.13. The van der Waals surface area contributed by atoms with Crippen LogP contribution in [0.2, 0.25) is 0 Å². The molecule has 3 aromatic carbocycles. The Morgan fingerprint density at radius 1 is 1.04 bits per heavy atom. The van der Waals surface area contributed by atoms with Crippen LogP contribution in [-0.2, 0) is 11.3 Å². The molecule has 0 fully saturated rings. The molecule has 0 heterocycles. The van der Waals surface area contributed by atoms with Crippen LogP contribution < -0.4 is 10.1 Å². The first kappa shape index (κ1) is 18.9. The van der Waals surface area contributed by atoms with Gasteiger partial charge >= 0.3 is 0 Å². The zero-order valence-corrected chi connectivity index (χ0v) is 16.0. The lowest BCUT2D eigenvalue weighted by molar-refractivity contribution is 0.0952. The van der Waals surface area contributed by atoms with Crippen LogP contribution in [0.25, 0.3) is 10.8 Å². The lowest BCUT2D eigenvalue weighted by Crippen LogP contribution is -2.13. The van der Waals surface area contributed by atoms with Crippen molar-refractivity contribution >= 4 is 22.4 Å². The van der Waals surface area contributed by atoms with Crippen LogP contribution in [0.4, 0.5) is 5.69 Å². The highest BCUT2D eigenvalue weighted by atomic mass is 16.5. The molecule has 0 atom stereocenters. The van der Waals surface area contributed by atoms with Crippen LogP contribution in [0.5, 0.6) is 5.75 Å². The van der Waals surface area contributed by atoms with Gasteiger partial charge in [-0.1, -0.05) is 50.2 Å². The van der Waals surface area contributed by atoms with Crippen molar-refractivity contribution in [2.75, 3.05) is 19.0 Å². The summed E-state index contributed by atoms with van der Waals surface area (Å²) in [6.45, 7) is 5.28. The quantitative estimate of drug-likeness (QED) is 0.622. The zero-order chi connectivity index (χ0) is 19.2. The van der Waals surface area contributed by atoms with Gasteiger partial charge in [0.2, 0.25) is 0 Å². The topological polar surface area (TPSA) is 47.6 Å². The van der Waals surface area contributed by atoms with Gasteiger partial charge in [0.05, 0.1) is 13.7 Å². The molecular weight excluding hydrogens is 338 g/mol. The Labute approximate surface area is 160 Å². The van der Waals surface area contributed by atoms with E-state index in [9.17, 15) is 4.79 Å². The maximum absolute atomic E-state index is 12.8. The normalized spacial score (nSPS) is 11.0. The largest absolute Gasteiger partial charge is 0.496 e. The first-order valence-corrected chi connectivity index (χ1v) is 9.12. The van der Waals surface area contributed by atoms with Crippen molar-refractivity contribution in [3.63, 3.8) is 0 Å². The molecular formula is C23H25NO3. The van der Waals surface area contributed by atoms with Crippen molar-refractivity contribution in [2.24, 2.45) is 5.92 Å². The Balaban J connectivity index is 1.81. The van der Waals surface area contributed by atoms with Gasteiger partial charge in [-0.25, -0.2) is 0 Å². The predicted octanol–water partition coefficient (Wildman–Crippen LogP) is 5.27. The van der Waals surface area contributed by atoms with Gasteiger partial charge < -0.3 is 14.8 Å². The van der Waals surface area contributed by atoms with E-state index in [0.29, 0.717) is 24.7 Å². The Morgan fingerprint density at radius 2 is 1.81 bits per heavy atom. The van der Waals surface area contributed by atoms with Crippen LogP contribution in [0.15, 0.2) is 60.7 Å². The van der Waals surface area contributed by atoms with Gasteiger partial charge in [-0.15, -0.1) is 0 Å². The van der Waals surface area contributed by atoms with Crippen LogP contribution in [0.1, 0.15) is 29.8 Å². The molecule has 0 radical (unpaired) electrons. The minimum atomic E-state index is -0.154. The number of rotatable bonds is 7. The Hall–Kier alpha value is -2.85. The molecule has 3 aromatic rings. The van der Waals surface area contributed by atoms with Crippen LogP contribution in [-0.4, -0.2) is 19.6 Å². The SMILES string of the molecule is COc1ccc(C(=O)Nc2cccc3ccccc23)cc1COCC(C)C. The molecule has 0 saturated heterocycles. The first-order valence-electron chi connectivity index (χ1n) is 9.12. The summed E-state index contributed by atoms with van der Waals surface area (Å²) in [5.74, 6) is 1.02. The fourth-order valence-corrected chi connectivity index (χ4v) is 2.97. The highest BCUT2D eigenvalue weighted by Crippen LogP contribution is 2.25. The van der Waals surface area contributed by atoms with Gasteiger partial charge in [0, 0.05) is 28.8 Å². The Kier molecular flexibility index (Phi) is 6.09. The molecule has 0 aromatic heterocycles. The summed E-state index contributed by atoms with van der Waals surface area (Å²) in [6, 6.07) is 19.3. The third-order valence-electron chi connectivity index (χ3n) is 4.29. The van der Waals surface area contributed by atoms with Gasteiger partial charge in [-0.3, -0.25) is 4.79 Å². The maximum atomic E-state index is 12.8. The Bertz CT molecular complexity index is 929. The van der Waals surface area contributed by atoms with Crippen molar-refractivity contribution in [1.29, 1.82) is 0 Å². The number of carbonyl (C=O) groups excluding carboxylic acids is 1. The van der Waals surface area contributed by atoms with E-state index < -0.39 is 0 Å². The van der Waals surface area contributed by atoms with Crippen LogP contribution in [0.3, 0.4) is 0 Å². The lowest BCUT2D eigenvalue weighted by atomic mass is 10.1. The summed E-state index contributed by atoms with van der Waals surface area (Å²) in [6.07, 6.45) is 0. The number of amides is 1. The molecule has 4 nitrogen and oxygen atoms in total. The van der Waals surface area contributed by atoms with E-state index in [1.165, 1.54) is 0 Å². The van der Waals surface area contributed by atoms with Crippen LogP contribution in [0, 0.1) is 5.92 Å². The number of anilines is 1. The van der Waals surface area contributed by atoms with Gasteiger partial charge in [-0.2, -0.15) is 0 Å². The van der Waals surface area contributed by atoms with E-state index in [2.05, 4.69) is 19.2 Å². The summed E-state index contributed by atoms with van der Waals surface area (Å²) in [7, 11) is 1.62. The second-order valence-corrected chi connectivity index (χ2v) is 6.92. The molecule has 27 heavy (non-hydrogen) atoms. The van der Waals surface area contributed by atoms with Gasteiger partial charge in [0.25, 0.3) is 5.91 Å². The number of carbonyl (C=O) groups is 1. The smallest absolute Gasteiger partial charge is 0.255 e. The van der Waals surface area contributed by atoms with Crippen LogP contribution >= 0.6 is 0 Å². The number of hydrogen-bond donors (Lipinski definition) is 1. The second kappa shape index (κ2) is 8.69. The average Bonchev–Trinajstić information content (AvgIpc) is 2.68. The van der Waals surface area contributed by atoms with Gasteiger partial charge in [0.1, 0.15) is 5.75 Å². The molecule has 0 aliphatic carbocycles. The predicted molar refractivity (Wildman–Crippen MR) is 109 cm³/mol. The second-order valence-electron chi connectivity index (χ2n) is 6.92. The van der Waals surface area contributed by atoms with E-state index in [4.69, 9.17) is 9.47 Å². The van der Waals surface area contributed by atoms with Crippen molar-refractivity contribution in [2.45, 2.75) is 20.5 Å². The molecule has 0 unspecified atom stereocenters. The number of benzene rings is 3. The number of ether oxygens (including phenoxy) is 2. The highest BCUT2D eigenvalue weighted by Gasteiger charge is 2.12. The molecule has 3 rings (SSSR count). The molecule has 1 amide bonds. The molecule has 0 aliphatic heterocycles. The van der Waals surface area contributed by atoms with Crippen molar-refractivity contribution in [3.05, 3.63) is 71.8 Å². The maximum Gasteiger partial charge on any atom is 0.255 e. The molecule has 0 saturated carbocycles. The van der Waals surface area contributed by atoms with Gasteiger partial charge in [-0.05, 0) is 35.6 Å². The summed E-state index contributed by atoms with van der Waals surface area (Å²) in [5, 5.41) is 5.13. The number of fused-ring (bicyclic) bond motifs is 1. The number of methoxy groups -OCH3 is 1. The zero-order valence-electron chi connectivity index (χ0n) is 16.0. The fourth-order valence-electron chi connectivity index (χ4n) is 2.97. The average molecular weight is 363 g/mol. The summed E-state index contributed by atoms with van der Waals surface area (Å²) < 4.78 is 11.1. The fraction of sp³-hybridized carbons (Fsp3) is 0.261. The van der Waals surface area contributed by atoms with E-state index in [-0.39, 0.29) is 5.91 Å². The molecule has 0 aliphatic rings. The summed E-state index contributed by atoms with van der Waals surface area (Å²) >= 11 is 0. The summed E-state index contributed by atoms with van der Waals surface area (Å²) in [4.78, 5) is 12.8. The Morgan fingerprint density at radius 3 is 2.59 bits per heavy atom. The van der Waals surface area contributed by atoms with Crippen molar-refractivity contribution in [3.8, 4) is 5.75 Å². The highest BCUT2D eigenvalue weighted by molar-refractivity contribution is 6.09. The van der Waals surface area contributed by atoms with Crippen molar-refractivity contribution < 1.29 is 14.3 Å². The molecule has 4 heteroatoms. The molecule has 140 valence electrons. The van der Waals surface area contributed by atoms with Crippen molar-refractivity contribution in [1.82, 2.24) is 0 Å². The molecule has 1 N–H and O–H groups in total. The monoisotopic (exact) mass is 363 g/mol. The summed E-state index contributed by atoms with van der Waals surface area (Å²) in [5.41, 5.74) is 2.24. The minimum Gasteiger partial charge on any atom is -0.496 e. The third-order valence-corrected chi connectivity index (χ3v) is 4.29. The van der Waals surface area contributed by atoms with E-state index in [1.54, 1.807) is 13.2 Å². The number of hydrogen-bond acceptors (Lipinski definition) is 3. The van der Waals surface area contributed by atoms with E-state index in [0.717, 1.165) is 27.8 Å². The van der Waals surface area contributed by atoms with E-state index in [1.807, 2.05) is 54.6 Å². The minimum absolute atomic E-state index is 0.154. The van der Waals surface area contributed by atoms with Gasteiger partial charge in [0.15, 0.2) is 0 Å². The van der Waals surface area contributed by atoms with E-state index >= 15 is 0 Å². The third kappa shape index (κ3) is 4.66.